The van der Waals surface area contributed by atoms with E-state index in [4.69, 9.17) is 14.3 Å². The van der Waals surface area contributed by atoms with Crippen molar-refractivity contribution < 1.29 is 14.3 Å². The molecule has 0 unspecified atom stereocenters. The van der Waals surface area contributed by atoms with Crippen LogP contribution in [0.15, 0.2) is 28.9 Å². The predicted octanol–water partition coefficient (Wildman–Crippen LogP) is 2.54. The van der Waals surface area contributed by atoms with Crippen LogP contribution in [0, 0.1) is 0 Å². The van der Waals surface area contributed by atoms with E-state index < -0.39 is 0 Å². The van der Waals surface area contributed by atoms with E-state index in [0.29, 0.717) is 0 Å². The third-order valence-electron chi connectivity index (χ3n) is 2.62. The molecule has 0 aliphatic heterocycles. The Kier molecular flexibility index (Phi) is 2.64. The van der Waals surface area contributed by atoms with E-state index in [-0.39, 0.29) is 12.5 Å². The third-order valence-corrected chi connectivity index (χ3v) is 2.62. The van der Waals surface area contributed by atoms with Crippen LogP contribution in [0.1, 0.15) is 18.4 Å². The molecular formula is C12H14O3. The molecule has 2 aromatic rings. The summed E-state index contributed by atoms with van der Waals surface area (Å²) in [6.07, 6.45) is 1.70. The number of furan rings is 1. The van der Waals surface area contributed by atoms with Crippen molar-refractivity contribution in [1.29, 1.82) is 0 Å². The van der Waals surface area contributed by atoms with E-state index in [2.05, 4.69) is 0 Å². The van der Waals surface area contributed by atoms with Gasteiger partial charge in [-0.25, -0.2) is 0 Å². The first kappa shape index (κ1) is 10.1. The third kappa shape index (κ3) is 1.70. The first-order chi connectivity index (χ1) is 7.26. The Bertz CT molecular complexity index is 459. The molecule has 0 saturated heterocycles. The molecule has 0 radical (unpaired) electrons. The van der Waals surface area contributed by atoms with Gasteiger partial charge in [0.1, 0.15) is 11.3 Å². The van der Waals surface area contributed by atoms with Crippen LogP contribution >= 0.6 is 0 Å². The highest BCUT2D eigenvalue weighted by Crippen LogP contribution is 2.30. The van der Waals surface area contributed by atoms with Gasteiger partial charge in [-0.3, -0.25) is 0 Å². The molecule has 0 saturated carbocycles. The maximum absolute atomic E-state index is 9.12. The Labute approximate surface area is 88.3 Å². The summed E-state index contributed by atoms with van der Waals surface area (Å²) < 4.78 is 10.6. The number of ether oxygens (including phenoxy) is 1. The van der Waals surface area contributed by atoms with Gasteiger partial charge in [-0.1, -0.05) is 6.92 Å². The summed E-state index contributed by atoms with van der Waals surface area (Å²) in [6, 6.07) is 5.67. The van der Waals surface area contributed by atoms with Crippen LogP contribution < -0.4 is 4.74 Å². The van der Waals surface area contributed by atoms with Gasteiger partial charge in [-0.15, -0.1) is 0 Å². The molecule has 0 bridgehead atoms. The average molecular weight is 206 g/mol. The molecule has 0 amide bonds. The second kappa shape index (κ2) is 3.95. The van der Waals surface area contributed by atoms with Gasteiger partial charge < -0.3 is 14.3 Å². The summed E-state index contributed by atoms with van der Waals surface area (Å²) in [4.78, 5) is 0. The zero-order valence-corrected chi connectivity index (χ0v) is 8.86. The van der Waals surface area contributed by atoms with Gasteiger partial charge in [0.05, 0.1) is 13.4 Å². The minimum Gasteiger partial charge on any atom is -0.497 e. The van der Waals surface area contributed by atoms with E-state index >= 15 is 0 Å². The van der Waals surface area contributed by atoms with Gasteiger partial charge >= 0.3 is 0 Å². The zero-order chi connectivity index (χ0) is 10.8. The van der Waals surface area contributed by atoms with Crippen molar-refractivity contribution in [3.63, 3.8) is 0 Å². The number of aliphatic hydroxyl groups excluding tert-OH is 1. The number of fused-ring (bicyclic) bond motifs is 1. The van der Waals surface area contributed by atoms with Gasteiger partial charge in [0.25, 0.3) is 0 Å². The number of rotatable bonds is 3. The Balaban J connectivity index is 2.56. The van der Waals surface area contributed by atoms with Gasteiger partial charge in [0, 0.05) is 23.5 Å². The van der Waals surface area contributed by atoms with E-state index in [1.807, 2.05) is 25.1 Å². The quantitative estimate of drug-likeness (QED) is 0.839. The molecule has 1 heterocycles. The number of aliphatic hydroxyl groups is 1. The van der Waals surface area contributed by atoms with Crippen molar-refractivity contribution in [2.75, 3.05) is 13.7 Å². The lowest BCUT2D eigenvalue weighted by molar-refractivity contribution is 0.273. The van der Waals surface area contributed by atoms with Crippen molar-refractivity contribution in [2.45, 2.75) is 12.8 Å². The molecule has 1 aromatic carbocycles. The van der Waals surface area contributed by atoms with E-state index in [0.717, 1.165) is 22.3 Å². The normalized spacial score (nSPS) is 13.0. The van der Waals surface area contributed by atoms with Gasteiger partial charge in [-0.05, 0) is 18.2 Å². The minimum atomic E-state index is 0.0818. The number of hydrogen-bond donors (Lipinski definition) is 1. The van der Waals surface area contributed by atoms with Crippen LogP contribution in [-0.2, 0) is 0 Å². The minimum absolute atomic E-state index is 0.0818. The van der Waals surface area contributed by atoms with Crippen LogP contribution in [0.3, 0.4) is 0 Å². The fourth-order valence-electron chi connectivity index (χ4n) is 1.63. The molecule has 1 N–H and O–H groups in total. The van der Waals surface area contributed by atoms with Crippen molar-refractivity contribution in [2.24, 2.45) is 0 Å². The second-order valence-corrected chi connectivity index (χ2v) is 3.64. The average Bonchev–Trinajstić information content (AvgIpc) is 2.70. The standard InChI is InChI=1S/C12H14O3/c1-8(6-13)11-7-15-12-4-3-9(14-2)5-10(11)12/h3-5,7-8,13H,6H2,1-2H3/t8-/m0/s1. The lowest BCUT2D eigenvalue weighted by Gasteiger charge is -2.05. The monoisotopic (exact) mass is 206 g/mol. The summed E-state index contributed by atoms with van der Waals surface area (Å²) in [5, 5.41) is 10.1. The largest absolute Gasteiger partial charge is 0.497 e. The predicted molar refractivity (Wildman–Crippen MR) is 58.3 cm³/mol. The first-order valence-electron chi connectivity index (χ1n) is 4.92. The highest BCUT2D eigenvalue weighted by atomic mass is 16.5. The number of benzene rings is 1. The summed E-state index contributed by atoms with van der Waals surface area (Å²) in [5.41, 5.74) is 1.84. The van der Waals surface area contributed by atoms with Crippen molar-refractivity contribution in [1.82, 2.24) is 0 Å². The molecule has 3 nitrogen and oxygen atoms in total. The van der Waals surface area contributed by atoms with Crippen molar-refractivity contribution in [3.05, 3.63) is 30.0 Å². The van der Waals surface area contributed by atoms with Crippen LogP contribution in [0.4, 0.5) is 0 Å². The molecule has 1 aromatic heterocycles. The highest BCUT2D eigenvalue weighted by molar-refractivity contribution is 5.83. The summed E-state index contributed by atoms with van der Waals surface area (Å²) in [6.45, 7) is 2.08. The number of hydrogen-bond acceptors (Lipinski definition) is 3. The Morgan fingerprint density at radius 2 is 2.27 bits per heavy atom. The zero-order valence-electron chi connectivity index (χ0n) is 8.86. The van der Waals surface area contributed by atoms with Crippen molar-refractivity contribution >= 4 is 11.0 Å². The van der Waals surface area contributed by atoms with Crippen LogP contribution in [0.25, 0.3) is 11.0 Å². The highest BCUT2D eigenvalue weighted by Gasteiger charge is 2.12. The van der Waals surface area contributed by atoms with Crippen LogP contribution in [0.2, 0.25) is 0 Å². The second-order valence-electron chi connectivity index (χ2n) is 3.64. The molecular weight excluding hydrogens is 192 g/mol. The summed E-state index contributed by atoms with van der Waals surface area (Å²) in [5.74, 6) is 0.883. The molecule has 2 rings (SSSR count). The number of methoxy groups -OCH3 is 1. The molecule has 80 valence electrons. The molecule has 0 aliphatic carbocycles. The molecule has 0 fully saturated rings. The Morgan fingerprint density at radius 3 is 2.93 bits per heavy atom. The molecule has 3 heteroatoms. The van der Waals surface area contributed by atoms with Crippen molar-refractivity contribution in [3.8, 4) is 5.75 Å². The lowest BCUT2D eigenvalue weighted by atomic mass is 10.0. The van der Waals surface area contributed by atoms with E-state index in [1.165, 1.54) is 0 Å². The van der Waals surface area contributed by atoms with Gasteiger partial charge in [0.2, 0.25) is 0 Å². The maximum Gasteiger partial charge on any atom is 0.134 e. The molecule has 0 spiro atoms. The SMILES string of the molecule is COc1ccc2occ([C@@H](C)CO)c2c1. The maximum atomic E-state index is 9.12. The smallest absolute Gasteiger partial charge is 0.134 e. The van der Waals surface area contributed by atoms with Crippen LogP contribution in [0.5, 0.6) is 5.75 Å². The fourth-order valence-corrected chi connectivity index (χ4v) is 1.63. The molecule has 0 aliphatic rings. The Hall–Kier alpha value is -1.48. The summed E-state index contributed by atoms with van der Waals surface area (Å²) in [7, 11) is 1.64. The molecule has 15 heavy (non-hydrogen) atoms. The summed E-state index contributed by atoms with van der Waals surface area (Å²) >= 11 is 0. The fraction of sp³-hybridized carbons (Fsp3) is 0.333. The van der Waals surface area contributed by atoms with Crippen LogP contribution in [-0.4, -0.2) is 18.8 Å². The van der Waals surface area contributed by atoms with E-state index in [9.17, 15) is 0 Å². The topological polar surface area (TPSA) is 42.6 Å². The molecule has 1 atom stereocenters. The van der Waals surface area contributed by atoms with E-state index in [1.54, 1.807) is 13.4 Å². The Morgan fingerprint density at radius 1 is 1.47 bits per heavy atom. The first-order valence-corrected chi connectivity index (χ1v) is 4.92. The van der Waals surface area contributed by atoms with Gasteiger partial charge in [0.15, 0.2) is 0 Å². The van der Waals surface area contributed by atoms with Gasteiger partial charge in [-0.2, -0.15) is 0 Å². The lowest BCUT2D eigenvalue weighted by Crippen LogP contribution is -1.97.